The van der Waals surface area contributed by atoms with E-state index in [0.29, 0.717) is 22.1 Å². The second kappa shape index (κ2) is 10.4. The number of carbonyl (C=O) groups is 1. The molecule has 0 aliphatic heterocycles. The van der Waals surface area contributed by atoms with Gasteiger partial charge in [0.05, 0.1) is 4.90 Å². The lowest BCUT2D eigenvalue weighted by atomic mass is 10.1. The van der Waals surface area contributed by atoms with Crippen LogP contribution in [0.4, 0.5) is 0 Å². The normalized spacial score (nSPS) is 11.6. The van der Waals surface area contributed by atoms with E-state index < -0.39 is 15.9 Å². The maximum absolute atomic E-state index is 12.9. The van der Waals surface area contributed by atoms with Gasteiger partial charge in [-0.2, -0.15) is 0 Å². The highest BCUT2D eigenvalue weighted by Gasteiger charge is 2.21. The Hall–Kier alpha value is -3.21. The molecule has 0 radical (unpaired) electrons. The molecule has 0 saturated heterocycles. The number of sulfonamides is 1. The second-order valence-electron chi connectivity index (χ2n) is 7.65. The molecule has 2 N–H and O–H groups in total. The Kier molecular flexibility index (Phi) is 7.30. The number of carbonyl (C=O) groups excluding carboxylic acids is 1. The van der Waals surface area contributed by atoms with E-state index in [2.05, 4.69) is 20.0 Å². The molecule has 0 aliphatic rings. The molecule has 4 aromatic rings. The van der Waals surface area contributed by atoms with E-state index >= 15 is 0 Å². The van der Waals surface area contributed by atoms with Crippen molar-refractivity contribution in [2.45, 2.75) is 29.7 Å². The summed E-state index contributed by atoms with van der Waals surface area (Å²) in [4.78, 5) is 21.6. The maximum atomic E-state index is 12.9. The zero-order valence-corrected chi connectivity index (χ0v) is 20.4. The van der Waals surface area contributed by atoms with Gasteiger partial charge >= 0.3 is 0 Å². The van der Waals surface area contributed by atoms with E-state index in [0.717, 1.165) is 16.5 Å². The fraction of sp³-hybridized carbons (Fsp3) is 0.208. The van der Waals surface area contributed by atoms with Crippen LogP contribution in [0.2, 0.25) is 0 Å². The van der Waals surface area contributed by atoms with Crippen molar-refractivity contribution in [1.29, 1.82) is 0 Å². The molecule has 0 aliphatic carbocycles. The first kappa shape index (κ1) is 23.9. The highest BCUT2D eigenvalue weighted by atomic mass is 32.2. The maximum Gasteiger partial charge on any atom is 0.287 e. The molecular weight excluding hydrogens is 472 g/mol. The van der Waals surface area contributed by atoms with Gasteiger partial charge in [-0.05, 0) is 43.2 Å². The Bertz CT molecular complexity index is 1420. The average molecular weight is 497 g/mol. The number of aryl methyl sites for hydroxylation is 2. The molecule has 10 heteroatoms. The van der Waals surface area contributed by atoms with E-state index in [9.17, 15) is 13.2 Å². The largest absolute Gasteiger partial charge is 0.451 e. The van der Waals surface area contributed by atoms with Crippen molar-refractivity contribution in [2.75, 3.05) is 13.1 Å². The predicted octanol–water partition coefficient (Wildman–Crippen LogP) is 3.84. The Balaban J connectivity index is 1.43. The van der Waals surface area contributed by atoms with Gasteiger partial charge in [-0.15, -0.1) is 0 Å². The van der Waals surface area contributed by atoms with E-state index in [1.54, 1.807) is 43.6 Å². The SMILES string of the molecule is Cc1ccc(C)c(S(=O)(=O)NCCNC(=O)c2oc3ccccc3c2CSc2ncccn2)c1. The number of hydrogen-bond acceptors (Lipinski definition) is 7. The van der Waals surface area contributed by atoms with Gasteiger partial charge in [0.15, 0.2) is 10.9 Å². The number of fused-ring (bicyclic) bond motifs is 1. The average Bonchev–Trinajstić information content (AvgIpc) is 3.21. The van der Waals surface area contributed by atoms with Crippen LogP contribution in [0, 0.1) is 13.8 Å². The van der Waals surface area contributed by atoms with Crippen LogP contribution in [0.3, 0.4) is 0 Å². The summed E-state index contributed by atoms with van der Waals surface area (Å²) in [6, 6.07) is 14.4. The van der Waals surface area contributed by atoms with Crippen LogP contribution in [-0.2, 0) is 15.8 Å². The molecule has 0 saturated carbocycles. The molecule has 0 fully saturated rings. The Labute approximate surface area is 202 Å². The van der Waals surface area contributed by atoms with E-state index in [1.807, 2.05) is 31.2 Å². The first-order valence-electron chi connectivity index (χ1n) is 10.6. The van der Waals surface area contributed by atoms with Gasteiger partial charge in [-0.25, -0.2) is 23.1 Å². The number of thioether (sulfide) groups is 1. The first-order valence-corrected chi connectivity index (χ1v) is 13.1. The number of benzene rings is 2. The van der Waals surface area contributed by atoms with Crippen molar-refractivity contribution in [3.8, 4) is 0 Å². The molecule has 4 rings (SSSR count). The molecule has 176 valence electrons. The molecule has 2 heterocycles. The summed E-state index contributed by atoms with van der Waals surface area (Å²) in [7, 11) is -3.69. The van der Waals surface area contributed by atoms with Crippen LogP contribution in [0.25, 0.3) is 11.0 Å². The smallest absolute Gasteiger partial charge is 0.287 e. The van der Waals surface area contributed by atoms with Gasteiger partial charge in [0, 0.05) is 42.2 Å². The molecule has 2 aromatic heterocycles. The fourth-order valence-electron chi connectivity index (χ4n) is 3.44. The number of nitrogens with one attached hydrogen (secondary N) is 2. The summed E-state index contributed by atoms with van der Waals surface area (Å²) >= 11 is 1.40. The molecule has 0 bridgehead atoms. The van der Waals surface area contributed by atoms with Crippen LogP contribution in [0.5, 0.6) is 0 Å². The topological polar surface area (TPSA) is 114 Å². The number of hydrogen-bond donors (Lipinski definition) is 2. The minimum Gasteiger partial charge on any atom is -0.451 e. The molecule has 0 unspecified atom stereocenters. The summed E-state index contributed by atoms with van der Waals surface area (Å²) in [5.74, 6) is 0.233. The number of amides is 1. The van der Waals surface area contributed by atoms with Crippen LogP contribution in [0.1, 0.15) is 27.2 Å². The molecule has 34 heavy (non-hydrogen) atoms. The zero-order chi connectivity index (χ0) is 24.1. The van der Waals surface area contributed by atoms with E-state index in [1.165, 1.54) is 11.8 Å². The third kappa shape index (κ3) is 5.46. The molecular formula is C24H24N4O4S2. The van der Waals surface area contributed by atoms with Crippen molar-refractivity contribution in [2.24, 2.45) is 0 Å². The Morgan fingerprint density at radius 3 is 2.59 bits per heavy atom. The number of rotatable bonds is 9. The number of furan rings is 1. The summed E-state index contributed by atoms with van der Waals surface area (Å²) in [6.07, 6.45) is 3.32. The lowest BCUT2D eigenvalue weighted by molar-refractivity contribution is 0.0928. The van der Waals surface area contributed by atoms with E-state index in [-0.39, 0.29) is 23.7 Å². The highest BCUT2D eigenvalue weighted by Crippen LogP contribution is 2.31. The van der Waals surface area contributed by atoms with Gasteiger partial charge in [0.1, 0.15) is 5.58 Å². The third-order valence-electron chi connectivity index (χ3n) is 5.13. The summed E-state index contributed by atoms with van der Waals surface area (Å²) in [6.45, 7) is 3.74. The fourth-order valence-corrected chi connectivity index (χ4v) is 5.63. The Morgan fingerprint density at radius 2 is 1.79 bits per heavy atom. The zero-order valence-electron chi connectivity index (χ0n) is 18.7. The highest BCUT2D eigenvalue weighted by molar-refractivity contribution is 7.98. The molecule has 8 nitrogen and oxygen atoms in total. The van der Waals surface area contributed by atoms with Crippen LogP contribution >= 0.6 is 11.8 Å². The third-order valence-corrected chi connectivity index (χ3v) is 7.63. The van der Waals surface area contributed by atoms with Crippen molar-refractivity contribution in [3.63, 3.8) is 0 Å². The minimum absolute atomic E-state index is 0.0453. The summed E-state index contributed by atoms with van der Waals surface area (Å²) in [5.41, 5.74) is 2.86. The monoisotopic (exact) mass is 496 g/mol. The second-order valence-corrected chi connectivity index (χ2v) is 10.3. The van der Waals surface area contributed by atoms with Crippen LogP contribution in [-0.4, -0.2) is 37.4 Å². The van der Waals surface area contributed by atoms with E-state index in [4.69, 9.17) is 4.42 Å². The lowest BCUT2D eigenvalue weighted by Gasteiger charge is -2.11. The molecule has 2 aromatic carbocycles. The molecule has 1 amide bonds. The van der Waals surface area contributed by atoms with Gasteiger partial charge in [0.2, 0.25) is 10.0 Å². The van der Waals surface area contributed by atoms with Crippen molar-refractivity contribution in [3.05, 3.63) is 83.4 Å². The van der Waals surface area contributed by atoms with Gasteiger partial charge in [-0.3, -0.25) is 4.79 Å². The predicted molar refractivity (Wildman–Crippen MR) is 131 cm³/mol. The quantitative estimate of drug-likeness (QED) is 0.206. The van der Waals surface area contributed by atoms with Gasteiger partial charge < -0.3 is 9.73 Å². The number of para-hydroxylation sites is 1. The van der Waals surface area contributed by atoms with Crippen molar-refractivity contribution >= 4 is 38.7 Å². The standard InChI is InChI=1S/C24H24N4O4S2/c1-16-8-9-17(2)21(14-16)34(30,31)28-13-12-25-23(29)22-19(15-33-24-26-10-5-11-27-24)18-6-3-4-7-20(18)32-22/h3-11,14,28H,12-13,15H2,1-2H3,(H,25,29). The first-order chi connectivity index (χ1) is 16.3. The van der Waals surface area contributed by atoms with Gasteiger partial charge in [-0.1, -0.05) is 42.1 Å². The van der Waals surface area contributed by atoms with Crippen molar-refractivity contribution in [1.82, 2.24) is 20.0 Å². The molecule has 0 atom stereocenters. The van der Waals surface area contributed by atoms with Crippen LogP contribution < -0.4 is 10.0 Å². The van der Waals surface area contributed by atoms with Crippen molar-refractivity contribution < 1.29 is 17.6 Å². The Morgan fingerprint density at radius 1 is 1.03 bits per heavy atom. The summed E-state index contributed by atoms with van der Waals surface area (Å²) in [5, 5.41) is 4.19. The molecule has 0 spiro atoms. The number of nitrogens with zero attached hydrogens (tertiary/aromatic N) is 2. The van der Waals surface area contributed by atoms with Crippen LogP contribution in [0.15, 0.2) is 75.4 Å². The number of aromatic nitrogens is 2. The minimum atomic E-state index is -3.69. The lowest BCUT2D eigenvalue weighted by Crippen LogP contribution is -2.35. The van der Waals surface area contributed by atoms with Gasteiger partial charge in [0.25, 0.3) is 5.91 Å². The summed E-state index contributed by atoms with van der Waals surface area (Å²) < 4.78 is 33.7.